The summed E-state index contributed by atoms with van der Waals surface area (Å²) in [4.78, 5) is 0. The summed E-state index contributed by atoms with van der Waals surface area (Å²) in [7, 11) is 0. The fourth-order valence-corrected chi connectivity index (χ4v) is 2.13. The van der Waals surface area contributed by atoms with Crippen LogP contribution in [0.3, 0.4) is 0 Å². The van der Waals surface area contributed by atoms with E-state index in [0.717, 1.165) is 23.6 Å². The number of aromatic nitrogens is 1. The Morgan fingerprint density at radius 2 is 1.95 bits per heavy atom. The minimum absolute atomic E-state index is 0. The predicted molar refractivity (Wildman–Crippen MR) is 73.8 cm³/mol. The average molecular weight is 381 g/mol. The minimum Gasteiger partial charge on any atom is -1.00 e. The second-order valence-electron chi connectivity index (χ2n) is 4.36. The summed E-state index contributed by atoms with van der Waals surface area (Å²) in [6.45, 7) is 3.41. The number of hydrogen-bond acceptors (Lipinski definition) is 2. The van der Waals surface area contributed by atoms with Gasteiger partial charge in [0.1, 0.15) is 6.54 Å². The number of hydrogen-bond donors (Lipinski definition) is 0. The number of aryl methyl sites for hydroxylation is 1. The van der Waals surface area contributed by atoms with Gasteiger partial charge in [-0.25, -0.2) is 0 Å². The summed E-state index contributed by atoms with van der Waals surface area (Å²) in [5.41, 5.74) is 2.29. The summed E-state index contributed by atoms with van der Waals surface area (Å²) in [5, 5.41) is 0. The highest BCUT2D eigenvalue weighted by Crippen LogP contribution is 2.32. The third-order valence-electron chi connectivity index (χ3n) is 3.16. The molecule has 0 saturated carbocycles. The Balaban J connectivity index is 0.00000147. The Bertz CT molecular complexity index is 626. The highest BCUT2D eigenvalue weighted by molar-refractivity contribution is 5.68. The van der Waals surface area contributed by atoms with E-state index in [9.17, 15) is 0 Å². The van der Waals surface area contributed by atoms with Crippen LogP contribution in [0.15, 0.2) is 42.6 Å². The van der Waals surface area contributed by atoms with Gasteiger partial charge in [0, 0.05) is 18.2 Å². The van der Waals surface area contributed by atoms with Crippen LogP contribution in [-0.4, -0.2) is 6.79 Å². The van der Waals surface area contributed by atoms with E-state index in [0.29, 0.717) is 6.79 Å². The molecule has 104 valence electrons. The van der Waals surface area contributed by atoms with Gasteiger partial charge in [-0.3, -0.25) is 0 Å². The summed E-state index contributed by atoms with van der Waals surface area (Å²) in [6.07, 6.45) is 6.28. The molecule has 0 unspecified atom stereocenters. The van der Waals surface area contributed by atoms with Crippen molar-refractivity contribution in [1.29, 1.82) is 0 Å². The van der Waals surface area contributed by atoms with Gasteiger partial charge in [-0.1, -0.05) is 6.07 Å². The van der Waals surface area contributed by atoms with E-state index in [2.05, 4.69) is 35.9 Å². The maximum absolute atomic E-state index is 5.37. The highest BCUT2D eigenvalue weighted by atomic mass is 127. The van der Waals surface area contributed by atoms with Gasteiger partial charge in [-0.05, 0) is 36.8 Å². The molecular weight excluding hydrogens is 365 g/mol. The van der Waals surface area contributed by atoms with Crippen molar-refractivity contribution in [3.05, 3.63) is 53.9 Å². The second kappa shape index (κ2) is 6.74. The number of pyridine rings is 1. The van der Waals surface area contributed by atoms with E-state index in [4.69, 9.17) is 9.47 Å². The van der Waals surface area contributed by atoms with Crippen LogP contribution in [0, 0.1) is 0 Å². The number of rotatable bonds is 3. The SMILES string of the molecule is CC[n+]1ccccc1/C=C/c1ccc2c(c1)OCO2.[I-]. The molecular formula is C16H16INO2. The lowest BCUT2D eigenvalue weighted by Crippen LogP contribution is -3.00. The standard InChI is InChI=1S/C16H16NO2.HI/c1-2-17-10-4-3-5-14(17)8-6-13-7-9-15-16(11-13)19-12-18-15;/h3-11H,2,12H2,1H3;1H/q+1;/p-1/b8-6+;. The van der Waals surface area contributed by atoms with Crippen molar-refractivity contribution in [3.63, 3.8) is 0 Å². The quantitative estimate of drug-likeness (QED) is 0.548. The third-order valence-corrected chi connectivity index (χ3v) is 3.16. The highest BCUT2D eigenvalue weighted by Gasteiger charge is 2.12. The van der Waals surface area contributed by atoms with Crippen LogP contribution in [0.2, 0.25) is 0 Å². The number of ether oxygens (including phenoxy) is 2. The van der Waals surface area contributed by atoms with Gasteiger partial charge in [-0.2, -0.15) is 4.57 Å². The molecule has 0 atom stereocenters. The Morgan fingerprint density at radius 3 is 2.80 bits per heavy atom. The zero-order valence-electron chi connectivity index (χ0n) is 11.3. The minimum atomic E-state index is 0. The van der Waals surface area contributed by atoms with Crippen LogP contribution in [-0.2, 0) is 6.54 Å². The van der Waals surface area contributed by atoms with Crippen molar-refractivity contribution >= 4 is 12.2 Å². The topological polar surface area (TPSA) is 22.3 Å². The number of halogens is 1. The number of fused-ring (bicyclic) bond motifs is 1. The monoisotopic (exact) mass is 381 g/mol. The van der Waals surface area contributed by atoms with Gasteiger partial charge >= 0.3 is 0 Å². The van der Waals surface area contributed by atoms with Crippen LogP contribution in [0.25, 0.3) is 12.2 Å². The average Bonchev–Trinajstić information content (AvgIpc) is 2.93. The number of nitrogens with zero attached hydrogens (tertiary/aromatic N) is 1. The van der Waals surface area contributed by atoms with Gasteiger partial charge in [0.2, 0.25) is 12.5 Å². The van der Waals surface area contributed by atoms with Crippen molar-refractivity contribution in [2.24, 2.45) is 0 Å². The van der Waals surface area contributed by atoms with E-state index < -0.39 is 0 Å². The molecule has 0 saturated heterocycles. The summed E-state index contributed by atoms with van der Waals surface area (Å²) in [6, 6.07) is 12.2. The summed E-state index contributed by atoms with van der Waals surface area (Å²) in [5.74, 6) is 1.64. The van der Waals surface area contributed by atoms with Gasteiger partial charge < -0.3 is 33.5 Å². The van der Waals surface area contributed by atoms with Crippen molar-refractivity contribution in [2.75, 3.05) is 6.79 Å². The van der Waals surface area contributed by atoms with E-state index in [1.807, 2.05) is 30.3 Å². The molecule has 1 aromatic carbocycles. The molecule has 3 rings (SSSR count). The van der Waals surface area contributed by atoms with Crippen molar-refractivity contribution in [3.8, 4) is 11.5 Å². The fourth-order valence-electron chi connectivity index (χ4n) is 2.13. The van der Waals surface area contributed by atoms with Gasteiger partial charge in [0.25, 0.3) is 0 Å². The lowest BCUT2D eigenvalue weighted by atomic mass is 10.1. The largest absolute Gasteiger partial charge is 1.00 e. The molecule has 1 aliphatic heterocycles. The zero-order valence-corrected chi connectivity index (χ0v) is 13.4. The smallest absolute Gasteiger partial charge is 0.231 e. The molecule has 0 amide bonds. The summed E-state index contributed by atoms with van der Waals surface area (Å²) < 4.78 is 12.9. The predicted octanol–water partition coefficient (Wildman–Crippen LogP) is -0.103. The maximum atomic E-state index is 5.37. The molecule has 2 aromatic rings. The molecule has 1 aromatic heterocycles. The van der Waals surface area contributed by atoms with Crippen LogP contribution >= 0.6 is 0 Å². The molecule has 0 bridgehead atoms. The molecule has 0 spiro atoms. The lowest BCUT2D eigenvalue weighted by molar-refractivity contribution is -0.695. The molecule has 4 heteroatoms. The lowest BCUT2D eigenvalue weighted by Gasteiger charge is -1.98. The Hall–Kier alpha value is -1.56. The van der Waals surface area contributed by atoms with Gasteiger partial charge in [0.05, 0.1) is 0 Å². The van der Waals surface area contributed by atoms with Gasteiger partial charge in [-0.15, -0.1) is 0 Å². The van der Waals surface area contributed by atoms with E-state index in [1.165, 1.54) is 5.69 Å². The Kier molecular flexibility index (Phi) is 5.00. The molecule has 2 heterocycles. The summed E-state index contributed by atoms with van der Waals surface area (Å²) >= 11 is 0. The molecule has 3 nitrogen and oxygen atoms in total. The van der Waals surface area contributed by atoms with E-state index in [1.54, 1.807) is 0 Å². The molecule has 0 fully saturated rings. The van der Waals surface area contributed by atoms with Crippen molar-refractivity contribution in [1.82, 2.24) is 0 Å². The van der Waals surface area contributed by atoms with E-state index >= 15 is 0 Å². The zero-order chi connectivity index (χ0) is 13.1. The van der Waals surface area contributed by atoms with Crippen molar-refractivity contribution in [2.45, 2.75) is 13.5 Å². The maximum Gasteiger partial charge on any atom is 0.231 e. The fraction of sp³-hybridized carbons (Fsp3) is 0.188. The van der Waals surface area contributed by atoms with Crippen LogP contribution in [0.1, 0.15) is 18.2 Å². The van der Waals surface area contributed by atoms with Crippen LogP contribution < -0.4 is 38.0 Å². The van der Waals surface area contributed by atoms with E-state index in [-0.39, 0.29) is 24.0 Å². The van der Waals surface area contributed by atoms with Gasteiger partial charge in [0.15, 0.2) is 17.7 Å². The first-order chi connectivity index (χ1) is 9.36. The Morgan fingerprint density at radius 1 is 1.10 bits per heavy atom. The normalized spacial score (nSPS) is 12.4. The first kappa shape index (κ1) is 14.8. The second-order valence-corrected chi connectivity index (χ2v) is 4.36. The van der Waals surface area contributed by atoms with Crippen LogP contribution in [0.4, 0.5) is 0 Å². The Labute approximate surface area is 135 Å². The molecule has 0 aliphatic carbocycles. The molecule has 1 aliphatic rings. The molecule has 0 radical (unpaired) electrons. The van der Waals surface area contributed by atoms with Crippen molar-refractivity contribution < 1.29 is 38.0 Å². The molecule has 0 N–H and O–H groups in total. The third kappa shape index (κ3) is 3.12. The molecule has 20 heavy (non-hydrogen) atoms. The first-order valence-corrected chi connectivity index (χ1v) is 6.43. The van der Waals surface area contributed by atoms with Crippen LogP contribution in [0.5, 0.6) is 11.5 Å². The number of benzene rings is 1. The first-order valence-electron chi connectivity index (χ1n) is 6.43.